The second kappa shape index (κ2) is 10.7. The lowest BCUT2D eigenvalue weighted by Gasteiger charge is -2.12. The van der Waals surface area contributed by atoms with E-state index in [2.05, 4.69) is 32.9 Å². The second-order valence-electron chi connectivity index (χ2n) is 5.77. The van der Waals surface area contributed by atoms with Gasteiger partial charge in [-0.2, -0.15) is 0 Å². The fraction of sp³-hybridized carbons (Fsp3) is 0.474. The minimum absolute atomic E-state index is 0.595. The summed E-state index contributed by atoms with van der Waals surface area (Å²) in [5.41, 5.74) is 2.21. The Bertz CT molecular complexity index is 669. The lowest BCUT2D eigenvalue weighted by molar-refractivity contribution is 0.410. The Kier molecular flexibility index (Phi) is 8.25. The highest BCUT2D eigenvalue weighted by Gasteiger charge is 2.03. The number of methoxy groups -OCH3 is 1. The smallest absolute Gasteiger partial charge is 0.191 e. The maximum atomic E-state index is 5.38. The number of aliphatic imine (C=N–C) groups is 1. The Labute approximate surface area is 154 Å². The van der Waals surface area contributed by atoms with Crippen LogP contribution < -0.4 is 15.4 Å². The first-order valence-electron chi connectivity index (χ1n) is 8.78. The molecule has 136 valence electrons. The minimum atomic E-state index is 0.595. The molecule has 2 N–H and O–H groups in total. The monoisotopic (exact) mass is 360 g/mol. The number of aromatic nitrogens is 1. The number of nitrogens with one attached hydrogen (secondary N) is 2. The van der Waals surface area contributed by atoms with Gasteiger partial charge in [0, 0.05) is 29.7 Å². The van der Waals surface area contributed by atoms with Gasteiger partial charge in [0.2, 0.25) is 0 Å². The molecule has 1 aromatic carbocycles. The number of ether oxygens (including phenoxy) is 1. The summed E-state index contributed by atoms with van der Waals surface area (Å²) >= 11 is 1.75. The van der Waals surface area contributed by atoms with Crippen LogP contribution in [0.2, 0.25) is 0 Å². The van der Waals surface area contributed by atoms with Crippen molar-refractivity contribution in [1.82, 2.24) is 15.6 Å². The van der Waals surface area contributed by atoms with Crippen molar-refractivity contribution in [1.29, 1.82) is 0 Å². The van der Waals surface area contributed by atoms with Crippen molar-refractivity contribution in [3.63, 3.8) is 0 Å². The van der Waals surface area contributed by atoms with Crippen LogP contribution in [0.1, 0.15) is 36.0 Å². The standard InChI is InChI=1S/C19H28N4OS/c1-4-20-19(22-13-16-9-5-6-10-17(16)24-3)21-12-8-7-11-18-23-15(2)14-25-18/h5-6,9-10,14H,4,7-8,11-13H2,1-3H3,(H2,20,21,22). The molecule has 0 aliphatic carbocycles. The predicted octanol–water partition coefficient (Wildman–Crippen LogP) is 3.54. The molecule has 0 spiro atoms. The van der Waals surface area contributed by atoms with E-state index < -0.39 is 0 Å². The van der Waals surface area contributed by atoms with Gasteiger partial charge in [0.15, 0.2) is 5.96 Å². The maximum absolute atomic E-state index is 5.38. The van der Waals surface area contributed by atoms with Crippen molar-refractivity contribution in [2.24, 2.45) is 4.99 Å². The zero-order valence-corrected chi connectivity index (χ0v) is 16.2. The van der Waals surface area contributed by atoms with Crippen LogP contribution in [-0.4, -0.2) is 31.1 Å². The maximum Gasteiger partial charge on any atom is 0.191 e. The van der Waals surface area contributed by atoms with Crippen LogP contribution in [-0.2, 0) is 13.0 Å². The first-order chi connectivity index (χ1) is 12.2. The SMILES string of the molecule is CCNC(=NCc1ccccc1OC)NCCCCc1nc(C)cs1. The highest BCUT2D eigenvalue weighted by Crippen LogP contribution is 2.17. The van der Waals surface area contributed by atoms with Crippen molar-refractivity contribution in [2.75, 3.05) is 20.2 Å². The van der Waals surface area contributed by atoms with E-state index in [1.807, 2.05) is 31.2 Å². The Balaban J connectivity index is 1.77. The van der Waals surface area contributed by atoms with Gasteiger partial charge in [0.05, 0.1) is 18.7 Å². The molecule has 5 nitrogen and oxygen atoms in total. The number of thiazole rings is 1. The van der Waals surface area contributed by atoms with Crippen LogP contribution in [0.4, 0.5) is 0 Å². The fourth-order valence-corrected chi connectivity index (χ4v) is 3.28. The van der Waals surface area contributed by atoms with Crippen molar-refractivity contribution >= 4 is 17.3 Å². The van der Waals surface area contributed by atoms with Gasteiger partial charge in [0.25, 0.3) is 0 Å². The van der Waals surface area contributed by atoms with E-state index in [9.17, 15) is 0 Å². The molecule has 2 rings (SSSR count). The van der Waals surface area contributed by atoms with E-state index in [0.717, 1.165) is 55.3 Å². The number of guanidine groups is 1. The lowest BCUT2D eigenvalue weighted by atomic mass is 10.2. The summed E-state index contributed by atoms with van der Waals surface area (Å²) in [5.74, 6) is 1.72. The third-order valence-electron chi connectivity index (χ3n) is 3.72. The summed E-state index contributed by atoms with van der Waals surface area (Å²) in [6.07, 6.45) is 3.28. The highest BCUT2D eigenvalue weighted by molar-refractivity contribution is 7.09. The molecule has 0 aliphatic rings. The Hall–Kier alpha value is -2.08. The Morgan fingerprint density at radius 3 is 2.80 bits per heavy atom. The van der Waals surface area contributed by atoms with Crippen molar-refractivity contribution in [2.45, 2.75) is 39.7 Å². The molecule has 0 saturated carbocycles. The van der Waals surface area contributed by atoms with E-state index in [1.54, 1.807) is 18.4 Å². The van der Waals surface area contributed by atoms with Crippen LogP contribution in [0.5, 0.6) is 5.75 Å². The van der Waals surface area contributed by atoms with Gasteiger partial charge in [-0.3, -0.25) is 0 Å². The summed E-state index contributed by atoms with van der Waals surface area (Å²) in [6, 6.07) is 7.99. The summed E-state index contributed by atoms with van der Waals surface area (Å²) in [4.78, 5) is 9.16. The molecule has 0 aliphatic heterocycles. The van der Waals surface area contributed by atoms with E-state index in [1.165, 1.54) is 5.01 Å². The van der Waals surface area contributed by atoms with Crippen molar-refractivity contribution in [3.8, 4) is 5.75 Å². The molecule has 1 heterocycles. The third kappa shape index (κ3) is 6.74. The number of benzene rings is 1. The molecule has 6 heteroatoms. The molecule has 2 aromatic rings. The molecule has 1 aromatic heterocycles. The first-order valence-corrected chi connectivity index (χ1v) is 9.66. The average Bonchev–Trinajstić information content (AvgIpc) is 3.04. The third-order valence-corrected chi connectivity index (χ3v) is 4.75. The van der Waals surface area contributed by atoms with E-state index in [4.69, 9.17) is 4.74 Å². The van der Waals surface area contributed by atoms with Crippen LogP contribution in [0, 0.1) is 6.92 Å². The summed E-state index contributed by atoms with van der Waals surface area (Å²) in [7, 11) is 1.69. The first kappa shape index (κ1) is 19.2. The van der Waals surface area contributed by atoms with Crippen LogP contribution >= 0.6 is 11.3 Å². The summed E-state index contributed by atoms with van der Waals surface area (Å²) in [6.45, 7) is 6.46. The second-order valence-corrected chi connectivity index (χ2v) is 6.72. The van der Waals surface area contributed by atoms with Crippen LogP contribution in [0.15, 0.2) is 34.6 Å². The average molecular weight is 361 g/mol. The molecule has 0 fully saturated rings. The summed E-state index contributed by atoms with van der Waals surface area (Å²) in [5, 5.41) is 10.0. The number of rotatable bonds is 9. The van der Waals surface area contributed by atoms with E-state index in [-0.39, 0.29) is 0 Å². The highest BCUT2D eigenvalue weighted by atomic mass is 32.1. The van der Waals surface area contributed by atoms with Gasteiger partial charge >= 0.3 is 0 Å². The molecule has 0 saturated heterocycles. The van der Waals surface area contributed by atoms with Gasteiger partial charge in [-0.1, -0.05) is 18.2 Å². The number of nitrogens with zero attached hydrogens (tertiary/aromatic N) is 2. The molecule has 25 heavy (non-hydrogen) atoms. The Morgan fingerprint density at radius 2 is 2.08 bits per heavy atom. The number of hydrogen-bond donors (Lipinski definition) is 2. The zero-order valence-electron chi connectivity index (χ0n) is 15.3. The normalized spacial score (nSPS) is 11.4. The molecule has 0 amide bonds. The van der Waals surface area contributed by atoms with Gasteiger partial charge < -0.3 is 15.4 Å². The molecule has 0 unspecified atom stereocenters. The number of para-hydroxylation sites is 1. The van der Waals surface area contributed by atoms with Crippen molar-refractivity contribution in [3.05, 3.63) is 45.9 Å². The van der Waals surface area contributed by atoms with Crippen LogP contribution in [0.3, 0.4) is 0 Å². The molecule has 0 atom stereocenters. The van der Waals surface area contributed by atoms with Gasteiger partial charge in [0.1, 0.15) is 5.75 Å². The van der Waals surface area contributed by atoms with Crippen molar-refractivity contribution < 1.29 is 4.74 Å². The number of unbranched alkanes of at least 4 members (excludes halogenated alkanes) is 1. The predicted molar refractivity (Wildman–Crippen MR) is 106 cm³/mol. The molecule has 0 radical (unpaired) electrons. The van der Waals surface area contributed by atoms with E-state index in [0.29, 0.717) is 6.54 Å². The van der Waals surface area contributed by atoms with E-state index >= 15 is 0 Å². The van der Waals surface area contributed by atoms with Crippen LogP contribution in [0.25, 0.3) is 0 Å². The molecular weight excluding hydrogens is 332 g/mol. The Morgan fingerprint density at radius 1 is 1.24 bits per heavy atom. The number of aryl methyl sites for hydroxylation is 2. The van der Waals surface area contributed by atoms with Gasteiger partial charge in [-0.05, 0) is 39.2 Å². The topological polar surface area (TPSA) is 58.5 Å². The largest absolute Gasteiger partial charge is 0.496 e. The lowest BCUT2D eigenvalue weighted by Crippen LogP contribution is -2.37. The fourth-order valence-electron chi connectivity index (χ4n) is 2.47. The van der Waals surface area contributed by atoms with Gasteiger partial charge in [-0.15, -0.1) is 11.3 Å². The van der Waals surface area contributed by atoms with Gasteiger partial charge in [-0.25, -0.2) is 9.98 Å². The summed E-state index contributed by atoms with van der Waals surface area (Å²) < 4.78 is 5.38. The minimum Gasteiger partial charge on any atom is -0.496 e. The zero-order chi connectivity index (χ0) is 17.9. The quantitative estimate of drug-likeness (QED) is 0.408. The molecule has 0 bridgehead atoms. The molecular formula is C19H28N4OS. The number of hydrogen-bond acceptors (Lipinski definition) is 4.